The van der Waals surface area contributed by atoms with E-state index < -0.39 is 12.0 Å². The first-order valence-electron chi connectivity index (χ1n) is 9.84. The second-order valence-corrected chi connectivity index (χ2v) is 8.95. The van der Waals surface area contributed by atoms with Crippen LogP contribution < -0.4 is 15.0 Å². The predicted octanol–water partition coefficient (Wildman–Crippen LogP) is 6.14. The van der Waals surface area contributed by atoms with Crippen LogP contribution in [-0.4, -0.2) is 33.5 Å². The second kappa shape index (κ2) is 10.9. The number of benzene rings is 2. The number of anilines is 2. The van der Waals surface area contributed by atoms with Crippen LogP contribution in [0.25, 0.3) is 0 Å². The van der Waals surface area contributed by atoms with Crippen LogP contribution in [0.2, 0.25) is 15.1 Å². The van der Waals surface area contributed by atoms with Gasteiger partial charge < -0.3 is 15.0 Å². The summed E-state index contributed by atoms with van der Waals surface area (Å²) in [5.74, 6) is -0.389. The first-order chi connectivity index (χ1) is 16.4. The third kappa shape index (κ3) is 5.87. The molecule has 0 aliphatic heterocycles. The minimum Gasteiger partial charge on any atom is -0.390 e. The fourth-order valence-corrected chi connectivity index (χ4v) is 4.30. The fraction of sp³-hybridized carbons (Fsp3) is 0.0909. The summed E-state index contributed by atoms with van der Waals surface area (Å²) < 4.78 is 5.26. The minimum atomic E-state index is -0.669. The van der Waals surface area contributed by atoms with Gasteiger partial charge in [0.15, 0.2) is 0 Å². The number of aromatic amines is 1. The Hall–Kier alpha value is -3.11. The number of thiazole rings is 1. The van der Waals surface area contributed by atoms with Crippen LogP contribution in [0.15, 0.2) is 60.4 Å². The summed E-state index contributed by atoms with van der Waals surface area (Å²) in [6.45, 7) is 0.338. The van der Waals surface area contributed by atoms with Gasteiger partial charge in [-0.05, 0) is 42.5 Å². The van der Waals surface area contributed by atoms with Gasteiger partial charge in [-0.15, -0.1) is 11.3 Å². The highest BCUT2D eigenvalue weighted by molar-refractivity contribution is 7.14. The van der Waals surface area contributed by atoms with Gasteiger partial charge in [-0.2, -0.15) is 4.98 Å². The number of ether oxygens (including phenoxy) is 1. The zero-order valence-electron chi connectivity index (χ0n) is 17.3. The quantitative estimate of drug-likeness (QED) is 0.296. The van der Waals surface area contributed by atoms with Gasteiger partial charge in [0.1, 0.15) is 0 Å². The van der Waals surface area contributed by atoms with Crippen molar-refractivity contribution in [2.24, 2.45) is 0 Å². The van der Waals surface area contributed by atoms with Crippen molar-refractivity contribution in [3.05, 3.63) is 86.7 Å². The summed E-state index contributed by atoms with van der Waals surface area (Å²) in [5, 5.41) is 5.55. The monoisotopic (exact) mass is 535 g/mol. The van der Waals surface area contributed by atoms with E-state index >= 15 is 0 Å². The van der Waals surface area contributed by atoms with E-state index in [2.05, 4.69) is 20.3 Å². The Kier molecular flexibility index (Phi) is 7.69. The molecule has 0 saturated carbocycles. The maximum Gasteiger partial charge on any atom is 0.413 e. The summed E-state index contributed by atoms with van der Waals surface area (Å²) in [4.78, 5) is 38.2. The number of nitrogens with one attached hydrogen (secondary N) is 2. The summed E-state index contributed by atoms with van der Waals surface area (Å²) in [6.07, 6.45) is 3.18. The molecule has 4 rings (SSSR count). The highest BCUT2D eigenvalue weighted by Crippen LogP contribution is 2.34. The first-order valence-corrected chi connectivity index (χ1v) is 11.9. The van der Waals surface area contributed by atoms with Crippen molar-refractivity contribution in [1.29, 1.82) is 0 Å². The Bertz CT molecular complexity index is 1300. The Morgan fingerprint density at radius 2 is 1.85 bits per heavy atom. The van der Waals surface area contributed by atoms with Crippen LogP contribution in [0.3, 0.4) is 0 Å². The molecule has 2 N–H and O–H groups in total. The molecule has 0 bridgehead atoms. The second-order valence-electron chi connectivity index (χ2n) is 6.84. The number of nitrogens with zero attached hydrogens (tertiary/aromatic N) is 3. The molecule has 2 aromatic carbocycles. The van der Waals surface area contributed by atoms with Crippen LogP contribution in [-0.2, 0) is 6.42 Å². The zero-order valence-corrected chi connectivity index (χ0v) is 20.4. The van der Waals surface area contributed by atoms with Crippen molar-refractivity contribution in [2.75, 3.05) is 11.4 Å². The number of rotatable bonds is 7. The molecule has 0 spiro atoms. The third-order valence-corrected chi connectivity index (χ3v) is 6.12. The molecule has 8 nitrogen and oxygen atoms in total. The lowest BCUT2D eigenvalue weighted by Crippen LogP contribution is -2.29. The molecule has 0 fully saturated rings. The zero-order chi connectivity index (χ0) is 24.1. The van der Waals surface area contributed by atoms with Crippen LogP contribution in [0.5, 0.6) is 5.88 Å². The molecular formula is C22H16Cl3N5O3S. The number of halogens is 3. The van der Waals surface area contributed by atoms with Crippen molar-refractivity contribution >= 4 is 69.0 Å². The van der Waals surface area contributed by atoms with Crippen molar-refractivity contribution in [1.82, 2.24) is 20.3 Å². The van der Waals surface area contributed by atoms with Gasteiger partial charge in [-0.25, -0.2) is 9.78 Å². The van der Waals surface area contributed by atoms with Gasteiger partial charge in [0.2, 0.25) is 11.0 Å². The standard InChI is InChI=1S/C22H16Cl3N5O3S/c23-13-1-4-16(5-2-13)30(20(31)17-6-3-14(24)9-18(17)25)21-29-19(11-34-21)33-22(32)27-8-7-15-10-26-12-28-15/h1-6,9-12H,7-8H2,(H,26,28)(H,27,32). The Labute approximate surface area is 213 Å². The Balaban J connectivity index is 1.53. The molecule has 34 heavy (non-hydrogen) atoms. The summed E-state index contributed by atoms with van der Waals surface area (Å²) in [5.41, 5.74) is 1.55. The summed E-state index contributed by atoms with van der Waals surface area (Å²) in [6, 6.07) is 11.2. The molecular weight excluding hydrogens is 521 g/mol. The van der Waals surface area contributed by atoms with E-state index in [1.807, 2.05) is 0 Å². The Morgan fingerprint density at radius 1 is 1.09 bits per heavy atom. The lowest BCUT2D eigenvalue weighted by Gasteiger charge is -2.20. The number of amides is 2. The van der Waals surface area contributed by atoms with E-state index in [0.717, 1.165) is 17.0 Å². The molecule has 2 aromatic heterocycles. The van der Waals surface area contributed by atoms with Crippen molar-refractivity contribution in [2.45, 2.75) is 6.42 Å². The molecule has 0 saturated heterocycles. The number of hydrogen-bond donors (Lipinski definition) is 2. The number of carbonyl (C=O) groups excluding carboxylic acids is 2. The number of aromatic nitrogens is 3. The first kappa shape index (κ1) is 24.0. The largest absolute Gasteiger partial charge is 0.413 e. The molecule has 0 aliphatic carbocycles. The molecule has 0 atom stereocenters. The lowest BCUT2D eigenvalue weighted by atomic mass is 10.2. The maximum absolute atomic E-state index is 13.5. The number of imidazole rings is 1. The molecule has 12 heteroatoms. The highest BCUT2D eigenvalue weighted by atomic mass is 35.5. The summed E-state index contributed by atoms with van der Waals surface area (Å²) in [7, 11) is 0. The van der Waals surface area contributed by atoms with Crippen molar-refractivity contribution < 1.29 is 14.3 Å². The van der Waals surface area contributed by atoms with Crippen LogP contribution in [0.1, 0.15) is 16.1 Å². The minimum absolute atomic E-state index is 0.0474. The van der Waals surface area contributed by atoms with Gasteiger partial charge in [-0.1, -0.05) is 34.8 Å². The number of carbonyl (C=O) groups is 2. The number of hydrogen-bond acceptors (Lipinski definition) is 6. The number of H-pyrrole nitrogens is 1. The average molecular weight is 537 g/mol. The molecule has 4 aromatic rings. The van der Waals surface area contributed by atoms with E-state index in [9.17, 15) is 9.59 Å². The Morgan fingerprint density at radius 3 is 2.56 bits per heavy atom. The third-order valence-electron chi connectivity index (χ3n) is 4.51. The van der Waals surface area contributed by atoms with E-state index in [4.69, 9.17) is 39.5 Å². The predicted molar refractivity (Wildman–Crippen MR) is 133 cm³/mol. The maximum atomic E-state index is 13.5. The molecule has 0 aliphatic rings. The van der Waals surface area contributed by atoms with E-state index in [1.54, 1.807) is 42.9 Å². The van der Waals surface area contributed by atoms with Crippen LogP contribution >= 0.6 is 46.1 Å². The lowest BCUT2D eigenvalue weighted by molar-refractivity contribution is 0.0999. The van der Waals surface area contributed by atoms with Crippen LogP contribution in [0, 0.1) is 0 Å². The van der Waals surface area contributed by atoms with Gasteiger partial charge in [-0.3, -0.25) is 9.69 Å². The molecule has 0 unspecified atom stereocenters. The molecule has 2 amide bonds. The van der Waals surface area contributed by atoms with E-state index in [0.29, 0.717) is 28.7 Å². The smallest absolute Gasteiger partial charge is 0.390 e. The average Bonchev–Trinajstić information content (AvgIpc) is 3.48. The van der Waals surface area contributed by atoms with E-state index in [1.165, 1.54) is 22.4 Å². The fourth-order valence-electron chi connectivity index (χ4n) is 2.94. The van der Waals surface area contributed by atoms with E-state index in [-0.39, 0.29) is 21.6 Å². The normalized spacial score (nSPS) is 10.7. The highest BCUT2D eigenvalue weighted by Gasteiger charge is 2.25. The van der Waals surface area contributed by atoms with Gasteiger partial charge in [0, 0.05) is 29.2 Å². The van der Waals surface area contributed by atoms with Gasteiger partial charge in [0.25, 0.3) is 5.91 Å². The molecule has 0 radical (unpaired) electrons. The van der Waals surface area contributed by atoms with Gasteiger partial charge in [0.05, 0.1) is 33.7 Å². The molecule has 2 heterocycles. The SMILES string of the molecule is O=C(NCCc1c[nH]cn1)Oc1csc(N(C(=O)c2ccc(Cl)cc2Cl)c2ccc(Cl)cc2)n1. The van der Waals surface area contributed by atoms with Gasteiger partial charge >= 0.3 is 6.09 Å². The van der Waals surface area contributed by atoms with Crippen LogP contribution in [0.4, 0.5) is 15.6 Å². The molecule has 174 valence electrons. The van der Waals surface area contributed by atoms with Crippen molar-refractivity contribution in [3.63, 3.8) is 0 Å². The topological polar surface area (TPSA) is 100 Å². The van der Waals surface area contributed by atoms with Crippen molar-refractivity contribution in [3.8, 4) is 5.88 Å². The summed E-state index contributed by atoms with van der Waals surface area (Å²) >= 11 is 19.4.